The summed E-state index contributed by atoms with van der Waals surface area (Å²) in [5.41, 5.74) is 5.30. The first-order valence-corrected chi connectivity index (χ1v) is 15.9. The number of rotatable bonds is 14. The zero-order valence-corrected chi connectivity index (χ0v) is 27.4. The second-order valence-corrected chi connectivity index (χ2v) is 13.4. The summed E-state index contributed by atoms with van der Waals surface area (Å²) in [6.07, 6.45) is 8.77. The Bertz CT molecular complexity index is 1010. The molecule has 1 aromatic rings. The molecule has 0 radical (unpaired) electrons. The topological polar surface area (TPSA) is 68.3 Å². The smallest absolute Gasteiger partial charge is 0.163 e. The average molecular weight is 555 g/mol. The van der Waals surface area contributed by atoms with E-state index in [1.807, 2.05) is 13.8 Å². The Balaban J connectivity index is 0.00000254. The van der Waals surface area contributed by atoms with Crippen molar-refractivity contribution in [2.24, 2.45) is 23.2 Å². The fourth-order valence-corrected chi connectivity index (χ4v) is 6.25. The van der Waals surface area contributed by atoms with Crippen LogP contribution in [0.2, 0.25) is 0 Å². The summed E-state index contributed by atoms with van der Waals surface area (Å²) in [7, 11) is 0. The molecule has 1 aliphatic rings. The Labute approximate surface area is 245 Å². The van der Waals surface area contributed by atoms with Crippen LogP contribution in [0.25, 0.3) is 0 Å². The number of carbonyl (C=O) groups excluding carboxylic acids is 4. The zero-order chi connectivity index (χ0) is 30.6. The van der Waals surface area contributed by atoms with Crippen LogP contribution in [0.4, 0.5) is 0 Å². The molecule has 4 heteroatoms. The van der Waals surface area contributed by atoms with Gasteiger partial charge in [-0.15, -0.1) is 0 Å². The highest BCUT2D eigenvalue weighted by molar-refractivity contribution is 6.01. The lowest BCUT2D eigenvalue weighted by atomic mass is 9.70. The lowest BCUT2D eigenvalue weighted by molar-refractivity contribution is -0.130. The second kappa shape index (κ2) is 17.0. The molecule has 3 atom stereocenters. The Morgan fingerprint density at radius 2 is 1.62 bits per heavy atom. The van der Waals surface area contributed by atoms with Crippen molar-refractivity contribution in [1.29, 1.82) is 0 Å². The molecule has 1 aromatic carbocycles. The van der Waals surface area contributed by atoms with Gasteiger partial charge in [-0.25, -0.2) is 0 Å². The number of hydrogen-bond acceptors (Lipinski definition) is 4. The number of hydrogen-bond donors (Lipinski definition) is 0. The van der Waals surface area contributed by atoms with E-state index in [9.17, 15) is 19.2 Å². The molecular formula is C36H58O4. The van der Waals surface area contributed by atoms with E-state index in [1.165, 1.54) is 18.9 Å². The van der Waals surface area contributed by atoms with Gasteiger partial charge in [0.2, 0.25) is 0 Å². The maximum atomic E-state index is 13.5. The molecule has 4 nitrogen and oxygen atoms in total. The van der Waals surface area contributed by atoms with Crippen molar-refractivity contribution in [3.8, 4) is 0 Å². The minimum Gasteiger partial charge on any atom is -0.300 e. The molecule has 0 fully saturated rings. The lowest BCUT2D eigenvalue weighted by Crippen LogP contribution is -2.30. The van der Waals surface area contributed by atoms with Gasteiger partial charge in [0, 0.05) is 30.7 Å². The van der Waals surface area contributed by atoms with Crippen LogP contribution in [0.1, 0.15) is 153 Å². The van der Waals surface area contributed by atoms with E-state index in [-0.39, 0.29) is 52.7 Å². The quantitative estimate of drug-likeness (QED) is 0.215. The fourth-order valence-electron chi connectivity index (χ4n) is 6.25. The molecule has 0 amide bonds. The summed E-state index contributed by atoms with van der Waals surface area (Å²) >= 11 is 0. The molecule has 0 bridgehead atoms. The molecule has 226 valence electrons. The Morgan fingerprint density at radius 3 is 2.12 bits per heavy atom. The normalized spacial score (nSPS) is 16.4. The van der Waals surface area contributed by atoms with Crippen LogP contribution >= 0.6 is 0 Å². The summed E-state index contributed by atoms with van der Waals surface area (Å²) in [5.74, 6) is 0.698. The van der Waals surface area contributed by atoms with Gasteiger partial charge >= 0.3 is 0 Å². The van der Waals surface area contributed by atoms with Crippen molar-refractivity contribution in [1.82, 2.24) is 0 Å². The molecule has 1 aliphatic carbocycles. The molecule has 0 spiro atoms. The molecule has 2 rings (SSSR count). The Hall–Kier alpha value is -2.10. The van der Waals surface area contributed by atoms with Gasteiger partial charge in [-0.05, 0) is 85.5 Å². The van der Waals surface area contributed by atoms with Gasteiger partial charge in [0.15, 0.2) is 5.78 Å². The Morgan fingerprint density at radius 1 is 1.00 bits per heavy atom. The highest BCUT2D eigenvalue weighted by Gasteiger charge is 2.34. The molecule has 3 unspecified atom stereocenters. The van der Waals surface area contributed by atoms with Crippen LogP contribution in [-0.2, 0) is 33.6 Å². The largest absolute Gasteiger partial charge is 0.300 e. The predicted octanol–water partition coefficient (Wildman–Crippen LogP) is 9.04. The van der Waals surface area contributed by atoms with Gasteiger partial charge in [-0.2, -0.15) is 0 Å². The maximum absolute atomic E-state index is 13.5. The minimum absolute atomic E-state index is 0.0155. The van der Waals surface area contributed by atoms with Crippen molar-refractivity contribution in [2.45, 2.75) is 146 Å². The molecule has 0 heterocycles. The third kappa shape index (κ3) is 11.1. The number of benzene rings is 1. The van der Waals surface area contributed by atoms with E-state index in [0.29, 0.717) is 19.3 Å². The highest BCUT2D eigenvalue weighted by Crippen LogP contribution is 2.38. The molecule has 40 heavy (non-hydrogen) atoms. The first-order valence-electron chi connectivity index (χ1n) is 15.9. The third-order valence-corrected chi connectivity index (χ3v) is 8.20. The second-order valence-electron chi connectivity index (χ2n) is 13.4. The van der Waals surface area contributed by atoms with Crippen LogP contribution < -0.4 is 0 Å². The fraction of sp³-hybridized carbons (Fsp3) is 0.722. The van der Waals surface area contributed by atoms with Crippen molar-refractivity contribution in [2.75, 3.05) is 0 Å². The molecule has 0 aliphatic heterocycles. The highest BCUT2D eigenvalue weighted by atomic mass is 16.1. The molecule has 0 N–H and O–H groups in total. The summed E-state index contributed by atoms with van der Waals surface area (Å²) in [6, 6.07) is 2.17. The zero-order valence-electron chi connectivity index (χ0n) is 27.4. The van der Waals surface area contributed by atoms with Gasteiger partial charge in [-0.3, -0.25) is 19.2 Å². The van der Waals surface area contributed by atoms with E-state index in [0.717, 1.165) is 67.2 Å². The minimum atomic E-state index is -0.116. The number of aryl methyl sites for hydroxylation is 1. The third-order valence-electron chi connectivity index (χ3n) is 8.20. The van der Waals surface area contributed by atoms with Gasteiger partial charge in [-0.1, -0.05) is 80.7 Å². The van der Waals surface area contributed by atoms with E-state index in [1.54, 1.807) is 0 Å². The van der Waals surface area contributed by atoms with Crippen molar-refractivity contribution >= 4 is 23.1 Å². The number of carbonyl (C=O) groups is 4. The average Bonchev–Trinajstić information content (AvgIpc) is 2.84. The monoisotopic (exact) mass is 554 g/mol. The summed E-state index contributed by atoms with van der Waals surface area (Å²) in [6.45, 7) is 20.5. The van der Waals surface area contributed by atoms with E-state index >= 15 is 0 Å². The van der Waals surface area contributed by atoms with Gasteiger partial charge in [0.05, 0.1) is 6.42 Å². The molecular weight excluding hydrogens is 496 g/mol. The lowest BCUT2D eigenvalue weighted by Gasteiger charge is -2.33. The van der Waals surface area contributed by atoms with Gasteiger partial charge in [0.1, 0.15) is 17.3 Å². The summed E-state index contributed by atoms with van der Waals surface area (Å²) in [4.78, 5) is 50.8. The van der Waals surface area contributed by atoms with Crippen LogP contribution in [0, 0.1) is 30.1 Å². The van der Waals surface area contributed by atoms with E-state index in [4.69, 9.17) is 0 Å². The standard InChI is InChI=1S/C33H50O4.C3H8/c1-9-12-25(28(11-3)30(36)15-21(4)34)16-23-17-29-24(10-2)19-26(22(5)32(29)31(37)18-23)20-27(35)13-14-33(6,7)8;1-3-2/h19,23,25,28H,9-18,20H2,1-8H3;3H2,1-2H3. The van der Waals surface area contributed by atoms with Crippen LogP contribution in [0.15, 0.2) is 6.07 Å². The van der Waals surface area contributed by atoms with E-state index < -0.39 is 0 Å². The molecule has 0 saturated carbocycles. The maximum Gasteiger partial charge on any atom is 0.163 e. The van der Waals surface area contributed by atoms with Crippen molar-refractivity contribution in [3.63, 3.8) is 0 Å². The van der Waals surface area contributed by atoms with Gasteiger partial charge in [0.25, 0.3) is 0 Å². The predicted molar refractivity (Wildman–Crippen MR) is 167 cm³/mol. The van der Waals surface area contributed by atoms with Gasteiger partial charge < -0.3 is 0 Å². The van der Waals surface area contributed by atoms with Crippen LogP contribution in [-0.4, -0.2) is 23.1 Å². The Kier molecular flexibility index (Phi) is 15.3. The molecule has 0 aromatic heterocycles. The summed E-state index contributed by atoms with van der Waals surface area (Å²) < 4.78 is 0. The van der Waals surface area contributed by atoms with Crippen LogP contribution in [0.5, 0.6) is 0 Å². The van der Waals surface area contributed by atoms with Crippen LogP contribution in [0.3, 0.4) is 0 Å². The van der Waals surface area contributed by atoms with Crippen molar-refractivity contribution < 1.29 is 19.2 Å². The number of ketones is 4. The SMILES string of the molecule is CCC.CCCC(CC1CC(=O)c2c(C)c(CC(=O)CCC(C)(C)C)cc(CC)c2C1)C(CC)C(=O)CC(C)=O. The molecule has 0 saturated heterocycles. The number of fused-ring (bicyclic) bond motifs is 1. The number of Topliss-reactive ketones (excluding diaryl/α,β-unsaturated/α-hetero) is 4. The summed E-state index contributed by atoms with van der Waals surface area (Å²) in [5, 5.41) is 0. The first-order chi connectivity index (χ1) is 18.7. The van der Waals surface area contributed by atoms with E-state index in [2.05, 4.69) is 54.5 Å². The van der Waals surface area contributed by atoms with Crippen molar-refractivity contribution in [3.05, 3.63) is 33.9 Å². The first kappa shape index (κ1) is 35.9.